The van der Waals surface area contributed by atoms with Gasteiger partial charge in [0.15, 0.2) is 0 Å². The number of halogens is 1. The van der Waals surface area contributed by atoms with Crippen molar-refractivity contribution in [1.82, 2.24) is 19.7 Å². The molecule has 0 spiro atoms. The zero-order valence-corrected chi connectivity index (χ0v) is 14.6. The van der Waals surface area contributed by atoms with Crippen LogP contribution < -0.4 is 5.32 Å². The molecular formula is C19H19FN6. The Balaban J connectivity index is 2.06. The van der Waals surface area contributed by atoms with Gasteiger partial charge in [-0.05, 0) is 44.2 Å². The summed E-state index contributed by atoms with van der Waals surface area (Å²) < 4.78 is 15.0. The molecule has 0 saturated carbocycles. The number of hydrogen-bond donors (Lipinski definition) is 1. The fraction of sp³-hybridized carbons (Fsp3) is 0.263. The van der Waals surface area contributed by atoms with E-state index in [0.717, 1.165) is 11.1 Å². The second-order valence-corrected chi connectivity index (χ2v) is 6.13. The van der Waals surface area contributed by atoms with E-state index in [2.05, 4.69) is 26.5 Å². The summed E-state index contributed by atoms with van der Waals surface area (Å²) in [6, 6.07) is 10.3. The molecular weight excluding hydrogens is 331 g/mol. The minimum absolute atomic E-state index is 0.208. The Kier molecular flexibility index (Phi) is 5.23. The predicted octanol–water partition coefficient (Wildman–Crippen LogP) is 3.88. The van der Waals surface area contributed by atoms with Crippen LogP contribution in [0.3, 0.4) is 0 Å². The lowest BCUT2D eigenvalue weighted by Gasteiger charge is -2.09. The molecule has 3 rings (SSSR count). The van der Waals surface area contributed by atoms with Crippen molar-refractivity contribution in [3.63, 3.8) is 0 Å². The average molecular weight is 350 g/mol. The van der Waals surface area contributed by atoms with E-state index in [0.29, 0.717) is 30.3 Å². The smallest absolute Gasteiger partial charge is 0.223 e. The first-order valence-electron chi connectivity index (χ1n) is 8.37. The third-order valence-corrected chi connectivity index (χ3v) is 3.68. The van der Waals surface area contributed by atoms with E-state index < -0.39 is 0 Å². The Morgan fingerprint density at radius 1 is 1.23 bits per heavy atom. The first kappa shape index (κ1) is 17.5. The number of hydrogen-bond acceptors (Lipinski definition) is 5. The molecule has 7 heteroatoms. The Labute approximate surface area is 151 Å². The van der Waals surface area contributed by atoms with Gasteiger partial charge in [0.2, 0.25) is 5.95 Å². The number of nitrogens with one attached hydrogen (secondary N) is 1. The van der Waals surface area contributed by atoms with Crippen LogP contribution in [0.15, 0.2) is 42.7 Å². The summed E-state index contributed by atoms with van der Waals surface area (Å²) in [5.41, 5.74) is 3.00. The van der Waals surface area contributed by atoms with Gasteiger partial charge < -0.3 is 5.32 Å². The van der Waals surface area contributed by atoms with Gasteiger partial charge in [0.05, 0.1) is 24.7 Å². The summed E-state index contributed by atoms with van der Waals surface area (Å²) in [6.07, 6.45) is 3.90. The third-order valence-electron chi connectivity index (χ3n) is 3.68. The lowest BCUT2D eigenvalue weighted by Crippen LogP contribution is -2.12. The second-order valence-electron chi connectivity index (χ2n) is 6.13. The lowest BCUT2D eigenvalue weighted by molar-refractivity contribution is 0.626. The van der Waals surface area contributed by atoms with Crippen molar-refractivity contribution in [2.24, 2.45) is 0 Å². The highest BCUT2D eigenvalue weighted by molar-refractivity contribution is 5.78. The summed E-state index contributed by atoms with van der Waals surface area (Å²) in [5.74, 6) is 0.233. The molecule has 0 bridgehead atoms. The van der Waals surface area contributed by atoms with Gasteiger partial charge >= 0.3 is 0 Å². The molecule has 0 atom stereocenters. The molecule has 2 heterocycles. The fourth-order valence-corrected chi connectivity index (χ4v) is 2.55. The summed E-state index contributed by atoms with van der Waals surface area (Å²) in [4.78, 5) is 8.80. The van der Waals surface area contributed by atoms with Gasteiger partial charge in [-0.15, -0.1) is 0 Å². The van der Waals surface area contributed by atoms with E-state index >= 15 is 0 Å². The Morgan fingerprint density at radius 3 is 2.69 bits per heavy atom. The maximum absolute atomic E-state index is 13.3. The SMILES string of the molecule is CC(C)Nc1nccc(-c2cn(CCC#N)nc2-c2ccc(F)cc2)n1. The number of nitrogens with zero attached hydrogens (tertiary/aromatic N) is 5. The molecule has 0 aliphatic rings. The summed E-state index contributed by atoms with van der Waals surface area (Å²) in [5, 5.41) is 16.6. The van der Waals surface area contributed by atoms with Crippen molar-refractivity contribution in [3.8, 4) is 28.6 Å². The molecule has 6 nitrogen and oxygen atoms in total. The number of nitriles is 1. The lowest BCUT2D eigenvalue weighted by atomic mass is 10.1. The monoisotopic (exact) mass is 350 g/mol. The van der Waals surface area contributed by atoms with Crippen LogP contribution in [-0.4, -0.2) is 25.8 Å². The molecule has 0 unspecified atom stereocenters. The number of anilines is 1. The van der Waals surface area contributed by atoms with Gasteiger partial charge in [-0.1, -0.05) is 0 Å². The van der Waals surface area contributed by atoms with Crippen molar-refractivity contribution >= 4 is 5.95 Å². The standard InChI is InChI=1S/C19H19FN6/c1-13(2)23-19-22-10-8-17(24-19)16-12-26(11-3-9-21)25-18(16)14-4-6-15(20)7-5-14/h4-8,10,12-13H,3,11H2,1-2H3,(H,22,23,24). The molecule has 0 saturated heterocycles. The minimum atomic E-state index is -0.301. The first-order valence-corrected chi connectivity index (χ1v) is 8.37. The Morgan fingerprint density at radius 2 is 2.00 bits per heavy atom. The van der Waals surface area contributed by atoms with Crippen molar-refractivity contribution in [2.45, 2.75) is 32.9 Å². The number of benzene rings is 1. The van der Waals surface area contributed by atoms with Crippen LogP contribution in [-0.2, 0) is 6.54 Å². The molecule has 132 valence electrons. The van der Waals surface area contributed by atoms with Gasteiger partial charge in [0.1, 0.15) is 11.5 Å². The zero-order chi connectivity index (χ0) is 18.5. The van der Waals surface area contributed by atoms with Crippen molar-refractivity contribution in [2.75, 3.05) is 5.32 Å². The third kappa shape index (κ3) is 4.03. The molecule has 0 radical (unpaired) electrons. The molecule has 3 aromatic rings. The molecule has 26 heavy (non-hydrogen) atoms. The molecule has 2 aromatic heterocycles. The first-order chi connectivity index (χ1) is 12.6. The van der Waals surface area contributed by atoms with Crippen LogP contribution in [0.5, 0.6) is 0 Å². The molecule has 0 aliphatic heterocycles. The van der Waals surface area contributed by atoms with Crippen LogP contribution in [0.4, 0.5) is 10.3 Å². The topological polar surface area (TPSA) is 79.4 Å². The van der Waals surface area contributed by atoms with Crippen LogP contribution in [0.25, 0.3) is 22.5 Å². The number of aryl methyl sites for hydroxylation is 1. The highest BCUT2D eigenvalue weighted by atomic mass is 19.1. The van der Waals surface area contributed by atoms with Gasteiger partial charge in [0, 0.05) is 29.6 Å². The molecule has 0 aliphatic carbocycles. The molecule has 1 N–H and O–H groups in total. The van der Waals surface area contributed by atoms with Crippen LogP contribution in [0, 0.1) is 17.1 Å². The van der Waals surface area contributed by atoms with Crippen molar-refractivity contribution in [1.29, 1.82) is 5.26 Å². The summed E-state index contributed by atoms with van der Waals surface area (Å²) in [6.45, 7) is 4.51. The molecule has 0 amide bonds. The second kappa shape index (κ2) is 7.74. The van der Waals surface area contributed by atoms with Gasteiger partial charge in [0.25, 0.3) is 0 Å². The summed E-state index contributed by atoms with van der Waals surface area (Å²) in [7, 11) is 0. The zero-order valence-electron chi connectivity index (χ0n) is 14.6. The van der Waals surface area contributed by atoms with Gasteiger partial charge in [-0.25, -0.2) is 14.4 Å². The van der Waals surface area contributed by atoms with E-state index in [1.807, 2.05) is 26.1 Å². The predicted molar refractivity (Wildman–Crippen MR) is 97.6 cm³/mol. The highest BCUT2D eigenvalue weighted by Crippen LogP contribution is 2.30. The largest absolute Gasteiger partial charge is 0.352 e. The van der Waals surface area contributed by atoms with E-state index in [9.17, 15) is 4.39 Å². The number of aromatic nitrogens is 4. The average Bonchev–Trinajstić information content (AvgIpc) is 3.04. The maximum Gasteiger partial charge on any atom is 0.223 e. The maximum atomic E-state index is 13.3. The van der Waals surface area contributed by atoms with Crippen LogP contribution in [0.1, 0.15) is 20.3 Å². The fourth-order valence-electron chi connectivity index (χ4n) is 2.55. The Bertz CT molecular complexity index is 924. The van der Waals surface area contributed by atoms with Gasteiger partial charge in [-0.2, -0.15) is 10.4 Å². The van der Waals surface area contributed by atoms with Crippen LogP contribution >= 0.6 is 0 Å². The summed E-state index contributed by atoms with van der Waals surface area (Å²) >= 11 is 0. The van der Waals surface area contributed by atoms with E-state index in [-0.39, 0.29) is 11.9 Å². The van der Waals surface area contributed by atoms with E-state index in [1.54, 1.807) is 23.0 Å². The van der Waals surface area contributed by atoms with E-state index in [1.165, 1.54) is 12.1 Å². The van der Waals surface area contributed by atoms with Crippen molar-refractivity contribution in [3.05, 3.63) is 48.5 Å². The van der Waals surface area contributed by atoms with Crippen LogP contribution in [0.2, 0.25) is 0 Å². The van der Waals surface area contributed by atoms with Gasteiger partial charge in [-0.3, -0.25) is 4.68 Å². The van der Waals surface area contributed by atoms with Crippen molar-refractivity contribution < 1.29 is 4.39 Å². The molecule has 1 aromatic carbocycles. The normalized spacial score (nSPS) is 10.7. The minimum Gasteiger partial charge on any atom is -0.352 e. The molecule has 0 fully saturated rings. The quantitative estimate of drug-likeness (QED) is 0.730. The Hall–Kier alpha value is -3.27. The number of rotatable bonds is 6. The highest BCUT2D eigenvalue weighted by Gasteiger charge is 2.15. The van der Waals surface area contributed by atoms with E-state index in [4.69, 9.17) is 5.26 Å².